The number of piperidine rings is 1. The van der Waals surface area contributed by atoms with Crippen LogP contribution in [-0.4, -0.2) is 62.2 Å². The van der Waals surface area contributed by atoms with Crippen molar-refractivity contribution < 1.29 is 13.2 Å². The van der Waals surface area contributed by atoms with E-state index in [0.29, 0.717) is 6.54 Å². The molecule has 0 N–H and O–H groups in total. The maximum atomic E-state index is 12.0. The van der Waals surface area contributed by atoms with Gasteiger partial charge in [0.05, 0.1) is 12.4 Å². The van der Waals surface area contributed by atoms with E-state index < -0.39 is 10.0 Å². The SMILES string of the molecule is CCN([C@H]1CC[C@H](CCCN2CCC(Cc3cc(OC(C)C)ccc3Br)CC2)CC1)S(C)(=O)=O. The number of ether oxygens (including phenoxy) is 1. The summed E-state index contributed by atoms with van der Waals surface area (Å²) in [7, 11) is -3.08. The van der Waals surface area contributed by atoms with Crippen LogP contribution in [0.5, 0.6) is 5.75 Å². The lowest BCUT2D eigenvalue weighted by atomic mass is 9.83. The summed E-state index contributed by atoms with van der Waals surface area (Å²) in [6.45, 7) is 10.3. The summed E-state index contributed by atoms with van der Waals surface area (Å²) < 4.78 is 32.8. The Hall–Kier alpha value is -0.630. The van der Waals surface area contributed by atoms with Gasteiger partial charge in [-0.15, -0.1) is 0 Å². The molecule has 0 spiro atoms. The third-order valence-corrected chi connectivity index (χ3v) is 9.83. The van der Waals surface area contributed by atoms with Crippen LogP contribution in [0.25, 0.3) is 0 Å². The highest BCUT2D eigenvalue weighted by molar-refractivity contribution is 9.10. The smallest absolute Gasteiger partial charge is 0.211 e. The Morgan fingerprint density at radius 3 is 2.35 bits per heavy atom. The predicted octanol–water partition coefficient (Wildman–Crippen LogP) is 6.11. The standard InChI is InChI=1S/C27H45BrN2O3S/c1-5-30(34(4,31)32)25-10-8-22(9-11-25)7-6-16-29-17-14-23(15-18-29)19-24-20-26(33-21(2)3)12-13-27(24)28/h12-13,20-23,25H,5-11,14-19H2,1-4H3/t22-,25-. The molecule has 0 bridgehead atoms. The van der Waals surface area contributed by atoms with Gasteiger partial charge in [-0.25, -0.2) is 8.42 Å². The van der Waals surface area contributed by atoms with Crippen molar-refractivity contribution in [3.63, 3.8) is 0 Å². The molecule has 0 radical (unpaired) electrons. The number of hydrogen-bond donors (Lipinski definition) is 0. The Balaban J connectivity index is 1.34. The molecular weight excluding hydrogens is 512 g/mol. The van der Waals surface area contributed by atoms with Crippen molar-refractivity contribution in [2.24, 2.45) is 11.8 Å². The Bertz CT molecular complexity index is 861. The largest absolute Gasteiger partial charge is 0.491 e. The number of sulfonamides is 1. The molecule has 2 fully saturated rings. The van der Waals surface area contributed by atoms with Crippen LogP contribution in [0.2, 0.25) is 0 Å². The zero-order valence-electron chi connectivity index (χ0n) is 21.6. The summed E-state index contributed by atoms with van der Waals surface area (Å²) in [4.78, 5) is 2.65. The number of hydrogen-bond acceptors (Lipinski definition) is 4. The van der Waals surface area contributed by atoms with E-state index in [1.54, 1.807) is 4.31 Å². The van der Waals surface area contributed by atoms with E-state index >= 15 is 0 Å². The molecule has 7 heteroatoms. The normalized spacial score (nSPS) is 23.0. The highest BCUT2D eigenvalue weighted by atomic mass is 79.9. The van der Waals surface area contributed by atoms with Gasteiger partial charge in [0.25, 0.3) is 0 Å². The van der Waals surface area contributed by atoms with E-state index in [0.717, 1.165) is 36.8 Å². The van der Waals surface area contributed by atoms with Crippen LogP contribution in [0.1, 0.15) is 77.7 Å². The number of likely N-dealkylation sites (tertiary alicyclic amines) is 1. The van der Waals surface area contributed by atoms with E-state index in [-0.39, 0.29) is 12.1 Å². The first-order chi connectivity index (χ1) is 16.2. The van der Waals surface area contributed by atoms with Crippen molar-refractivity contribution in [2.75, 3.05) is 32.4 Å². The second-order valence-corrected chi connectivity index (χ2v) is 13.5. The molecule has 5 nitrogen and oxygen atoms in total. The van der Waals surface area contributed by atoms with Crippen molar-refractivity contribution in [2.45, 2.75) is 90.7 Å². The molecule has 1 aliphatic carbocycles. The van der Waals surface area contributed by atoms with Gasteiger partial charge in [-0.05, 0) is 127 Å². The lowest BCUT2D eigenvalue weighted by Crippen LogP contribution is -2.41. The van der Waals surface area contributed by atoms with Crippen LogP contribution in [0.3, 0.4) is 0 Å². The average molecular weight is 558 g/mol. The molecule has 194 valence electrons. The maximum absolute atomic E-state index is 12.0. The molecule has 3 rings (SSSR count). The summed E-state index contributed by atoms with van der Waals surface area (Å²) >= 11 is 3.73. The van der Waals surface area contributed by atoms with E-state index in [1.807, 2.05) is 13.0 Å². The van der Waals surface area contributed by atoms with Crippen LogP contribution in [-0.2, 0) is 16.4 Å². The summed E-state index contributed by atoms with van der Waals surface area (Å²) in [5.74, 6) is 2.48. The quantitative estimate of drug-likeness (QED) is 0.330. The van der Waals surface area contributed by atoms with Gasteiger partial charge in [-0.3, -0.25) is 0 Å². The van der Waals surface area contributed by atoms with Crippen molar-refractivity contribution in [3.05, 3.63) is 28.2 Å². The summed E-state index contributed by atoms with van der Waals surface area (Å²) in [6.07, 6.45) is 12.2. The Morgan fingerprint density at radius 2 is 1.76 bits per heavy atom. The van der Waals surface area contributed by atoms with Gasteiger partial charge in [0.2, 0.25) is 10.0 Å². The van der Waals surface area contributed by atoms with E-state index in [9.17, 15) is 8.42 Å². The molecule has 0 atom stereocenters. The first kappa shape index (κ1) is 27.9. The first-order valence-corrected chi connectivity index (χ1v) is 15.9. The molecule has 0 unspecified atom stereocenters. The zero-order valence-corrected chi connectivity index (χ0v) is 24.0. The lowest BCUT2D eigenvalue weighted by Gasteiger charge is -2.35. The number of rotatable bonds is 11. The fourth-order valence-corrected chi connectivity index (χ4v) is 7.50. The Morgan fingerprint density at radius 1 is 1.09 bits per heavy atom. The van der Waals surface area contributed by atoms with Crippen molar-refractivity contribution >= 4 is 26.0 Å². The third-order valence-electron chi connectivity index (χ3n) is 7.65. The van der Waals surface area contributed by atoms with E-state index in [4.69, 9.17) is 4.74 Å². The first-order valence-electron chi connectivity index (χ1n) is 13.3. The fraction of sp³-hybridized carbons (Fsp3) is 0.778. The average Bonchev–Trinajstić information content (AvgIpc) is 2.77. The molecule has 2 aliphatic rings. The monoisotopic (exact) mass is 556 g/mol. The maximum Gasteiger partial charge on any atom is 0.211 e. The van der Waals surface area contributed by atoms with Crippen molar-refractivity contribution in [3.8, 4) is 5.75 Å². The van der Waals surface area contributed by atoms with Gasteiger partial charge in [-0.2, -0.15) is 4.31 Å². The molecule has 1 heterocycles. The molecule has 1 aromatic rings. The van der Waals surface area contributed by atoms with Crippen LogP contribution in [0.4, 0.5) is 0 Å². The summed E-state index contributed by atoms with van der Waals surface area (Å²) in [6, 6.07) is 6.60. The van der Waals surface area contributed by atoms with Gasteiger partial charge >= 0.3 is 0 Å². The van der Waals surface area contributed by atoms with Crippen LogP contribution in [0.15, 0.2) is 22.7 Å². The minimum absolute atomic E-state index is 0.200. The molecule has 1 saturated heterocycles. The fourth-order valence-electron chi connectivity index (χ4n) is 5.87. The predicted molar refractivity (Wildman–Crippen MR) is 145 cm³/mol. The van der Waals surface area contributed by atoms with Gasteiger partial charge in [0.1, 0.15) is 5.75 Å². The summed E-state index contributed by atoms with van der Waals surface area (Å²) in [5.41, 5.74) is 1.37. The van der Waals surface area contributed by atoms with E-state index in [2.05, 4.69) is 46.8 Å². The van der Waals surface area contributed by atoms with Crippen molar-refractivity contribution in [1.29, 1.82) is 0 Å². The zero-order chi connectivity index (χ0) is 24.7. The topological polar surface area (TPSA) is 49.9 Å². The van der Waals surface area contributed by atoms with Crippen LogP contribution >= 0.6 is 15.9 Å². The number of benzene rings is 1. The summed E-state index contributed by atoms with van der Waals surface area (Å²) in [5, 5.41) is 0. The minimum atomic E-state index is -3.08. The van der Waals surface area contributed by atoms with Gasteiger partial charge < -0.3 is 9.64 Å². The van der Waals surface area contributed by atoms with Gasteiger partial charge in [-0.1, -0.05) is 22.9 Å². The van der Waals surface area contributed by atoms with Gasteiger partial charge in [0, 0.05) is 17.1 Å². The molecule has 1 saturated carbocycles. The third kappa shape index (κ3) is 8.49. The number of halogens is 1. The van der Waals surface area contributed by atoms with Crippen LogP contribution in [0, 0.1) is 11.8 Å². The van der Waals surface area contributed by atoms with E-state index in [1.165, 1.54) is 74.5 Å². The molecule has 34 heavy (non-hydrogen) atoms. The second-order valence-electron chi connectivity index (χ2n) is 10.7. The lowest BCUT2D eigenvalue weighted by molar-refractivity contribution is 0.169. The Labute approximate surface area is 216 Å². The second kappa shape index (κ2) is 13.1. The molecule has 1 aromatic carbocycles. The molecule has 0 aromatic heterocycles. The Kier molecular flexibility index (Phi) is 10.7. The highest BCUT2D eigenvalue weighted by Gasteiger charge is 2.29. The van der Waals surface area contributed by atoms with Gasteiger partial charge in [0.15, 0.2) is 0 Å². The minimum Gasteiger partial charge on any atom is -0.491 e. The molecule has 1 aliphatic heterocycles. The number of nitrogens with zero attached hydrogens (tertiary/aromatic N) is 2. The molecular formula is C27H45BrN2O3S. The van der Waals surface area contributed by atoms with Crippen molar-refractivity contribution in [1.82, 2.24) is 9.21 Å². The highest BCUT2D eigenvalue weighted by Crippen LogP contribution is 2.32. The molecule has 0 amide bonds. The van der Waals surface area contributed by atoms with Crippen LogP contribution < -0.4 is 4.74 Å².